The highest BCUT2D eigenvalue weighted by atomic mass is 32.2. The number of anilines is 1. The molecule has 2 aromatic rings. The van der Waals surface area contributed by atoms with Gasteiger partial charge in [0.1, 0.15) is 0 Å². The van der Waals surface area contributed by atoms with Crippen molar-refractivity contribution in [3.63, 3.8) is 0 Å². The molecule has 0 unspecified atom stereocenters. The van der Waals surface area contributed by atoms with Crippen molar-refractivity contribution < 1.29 is 8.42 Å². The number of rotatable bonds is 5. The molecule has 0 spiro atoms. The molecule has 0 amide bonds. The number of aromatic nitrogens is 2. The minimum atomic E-state index is -3.44. The first-order valence-corrected chi connectivity index (χ1v) is 8.42. The van der Waals surface area contributed by atoms with Crippen molar-refractivity contribution in [1.82, 2.24) is 14.1 Å². The largest absolute Gasteiger partial charge is 0.301 e. The van der Waals surface area contributed by atoms with Crippen LogP contribution in [0.15, 0.2) is 42.7 Å². The van der Waals surface area contributed by atoms with Gasteiger partial charge in [-0.15, -0.1) is 0 Å². The monoisotopic (exact) mass is 306 g/mol. The fourth-order valence-electron chi connectivity index (χ4n) is 2.42. The van der Waals surface area contributed by atoms with Crippen LogP contribution in [-0.4, -0.2) is 35.6 Å². The molecule has 0 aliphatic carbocycles. The summed E-state index contributed by atoms with van der Waals surface area (Å²) in [6, 6.07) is 9.92. The lowest BCUT2D eigenvalue weighted by Crippen LogP contribution is -2.33. The van der Waals surface area contributed by atoms with Crippen LogP contribution < -0.4 is 4.72 Å². The fourth-order valence-corrected chi connectivity index (χ4v) is 3.69. The zero-order valence-electron chi connectivity index (χ0n) is 11.6. The van der Waals surface area contributed by atoms with Crippen molar-refractivity contribution in [3.8, 4) is 0 Å². The van der Waals surface area contributed by atoms with E-state index in [1.807, 2.05) is 30.3 Å². The third kappa shape index (κ3) is 3.43. The van der Waals surface area contributed by atoms with Gasteiger partial charge in [-0.2, -0.15) is 17.8 Å². The number of nitrogens with zero attached hydrogens (tertiary/aromatic N) is 3. The van der Waals surface area contributed by atoms with Crippen molar-refractivity contribution in [2.75, 3.05) is 17.8 Å². The summed E-state index contributed by atoms with van der Waals surface area (Å²) < 4.78 is 30.1. The van der Waals surface area contributed by atoms with Crippen LogP contribution in [0.4, 0.5) is 5.69 Å². The lowest BCUT2D eigenvalue weighted by Gasteiger charge is -2.15. The van der Waals surface area contributed by atoms with Gasteiger partial charge >= 0.3 is 10.2 Å². The third-order valence-electron chi connectivity index (χ3n) is 3.47. The van der Waals surface area contributed by atoms with Gasteiger partial charge in [0.15, 0.2) is 0 Å². The van der Waals surface area contributed by atoms with E-state index in [0.29, 0.717) is 25.3 Å². The molecule has 7 heteroatoms. The highest BCUT2D eigenvalue weighted by Crippen LogP contribution is 2.16. The molecule has 0 atom stereocenters. The van der Waals surface area contributed by atoms with Crippen LogP contribution in [0.1, 0.15) is 18.4 Å². The van der Waals surface area contributed by atoms with E-state index in [1.165, 1.54) is 10.5 Å². The molecule has 2 heterocycles. The molecule has 3 rings (SSSR count). The van der Waals surface area contributed by atoms with E-state index in [4.69, 9.17) is 0 Å². The molecule has 1 fully saturated rings. The molecule has 112 valence electrons. The van der Waals surface area contributed by atoms with Crippen LogP contribution in [0.3, 0.4) is 0 Å². The summed E-state index contributed by atoms with van der Waals surface area (Å²) in [5.41, 5.74) is 1.62. The first-order chi connectivity index (χ1) is 10.1. The van der Waals surface area contributed by atoms with Crippen LogP contribution >= 0.6 is 0 Å². The predicted molar refractivity (Wildman–Crippen MR) is 81.1 cm³/mol. The summed E-state index contributed by atoms with van der Waals surface area (Å²) in [6.45, 7) is 1.80. The summed E-state index contributed by atoms with van der Waals surface area (Å²) in [5.74, 6) is 0. The highest BCUT2D eigenvalue weighted by Gasteiger charge is 2.25. The Balaban J connectivity index is 1.68. The van der Waals surface area contributed by atoms with Crippen LogP contribution in [0.25, 0.3) is 0 Å². The van der Waals surface area contributed by atoms with Crippen molar-refractivity contribution in [3.05, 3.63) is 48.3 Å². The Hall–Kier alpha value is -1.86. The Morgan fingerprint density at radius 1 is 1.14 bits per heavy atom. The quantitative estimate of drug-likeness (QED) is 0.914. The minimum absolute atomic E-state index is 0.498. The molecule has 6 nitrogen and oxygen atoms in total. The summed E-state index contributed by atoms with van der Waals surface area (Å²) in [6.07, 6.45) is 5.10. The minimum Gasteiger partial charge on any atom is -0.268 e. The molecule has 0 radical (unpaired) electrons. The molecule has 1 aliphatic heterocycles. The van der Waals surface area contributed by atoms with E-state index < -0.39 is 10.2 Å². The number of benzene rings is 1. The Morgan fingerprint density at radius 2 is 1.86 bits per heavy atom. The maximum absolute atomic E-state index is 12.1. The number of hydrogen-bond acceptors (Lipinski definition) is 3. The second-order valence-corrected chi connectivity index (χ2v) is 6.80. The molecular formula is C14H18N4O2S. The molecule has 21 heavy (non-hydrogen) atoms. The zero-order valence-corrected chi connectivity index (χ0v) is 12.5. The first-order valence-electron chi connectivity index (χ1n) is 6.98. The van der Waals surface area contributed by atoms with Gasteiger partial charge in [0, 0.05) is 19.3 Å². The lowest BCUT2D eigenvalue weighted by molar-refractivity contribution is 0.482. The SMILES string of the molecule is O=S(=O)(Nc1cnn(Cc2ccccc2)c1)N1CCCC1. The van der Waals surface area contributed by atoms with Gasteiger partial charge < -0.3 is 0 Å². The molecule has 0 bridgehead atoms. The van der Waals surface area contributed by atoms with Gasteiger partial charge in [-0.25, -0.2) is 0 Å². The summed E-state index contributed by atoms with van der Waals surface area (Å²) in [4.78, 5) is 0. The molecule has 1 N–H and O–H groups in total. The van der Waals surface area contributed by atoms with Crippen molar-refractivity contribution in [2.45, 2.75) is 19.4 Å². The summed E-state index contributed by atoms with van der Waals surface area (Å²) in [7, 11) is -3.44. The Kier molecular flexibility index (Phi) is 3.94. The summed E-state index contributed by atoms with van der Waals surface area (Å²) in [5, 5.41) is 4.19. The molecule has 1 aromatic heterocycles. The standard InChI is InChI=1S/C14H18N4O2S/c19-21(20,18-8-4-5-9-18)16-14-10-15-17(12-14)11-13-6-2-1-3-7-13/h1-3,6-7,10,12,16H,4-5,8-9,11H2. The normalized spacial score (nSPS) is 16.2. The van der Waals surface area contributed by atoms with Gasteiger partial charge in [0.05, 0.1) is 18.4 Å². The molecule has 1 aromatic carbocycles. The molecule has 0 saturated carbocycles. The molecule has 1 aliphatic rings. The van der Waals surface area contributed by atoms with Crippen LogP contribution in [-0.2, 0) is 16.8 Å². The maximum atomic E-state index is 12.1. The van der Waals surface area contributed by atoms with Gasteiger partial charge in [-0.3, -0.25) is 9.40 Å². The first kappa shape index (κ1) is 14.1. The van der Waals surface area contributed by atoms with E-state index in [-0.39, 0.29) is 0 Å². The van der Waals surface area contributed by atoms with Crippen molar-refractivity contribution >= 4 is 15.9 Å². The smallest absolute Gasteiger partial charge is 0.268 e. The summed E-state index contributed by atoms with van der Waals surface area (Å²) >= 11 is 0. The van der Waals surface area contributed by atoms with E-state index in [2.05, 4.69) is 9.82 Å². The van der Waals surface area contributed by atoms with E-state index in [1.54, 1.807) is 10.9 Å². The predicted octanol–water partition coefficient (Wildman–Crippen LogP) is 1.68. The zero-order chi connectivity index (χ0) is 14.7. The average molecular weight is 306 g/mol. The molecule has 1 saturated heterocycles. The Bertz CT molecular complexity index is 691. The van der Waals surface area contributed by atoms with Crippen molar-refractivity contribution in [2.24, 2.45) is 0 Å². The van der Waals surface area contributed by atoms with E-state index in [9.17, 15) is 8.42 Å². The van der Waals surface area contributed by atoms with Gasteiger partial charge in [0.25, 0.3) is 0 Å². The molecular weight excluding hydrogens is 288 g/mol. The second-order valence-electron chi connectivity index (χ2n) is 5.13. The Morgan fingerprint density at radius 3 is 2.57 bits per heavy atom. The van der Waals surface area contributed by atoms with Gasteiger partial charge in [-0.05, 0) is 18.4 Å². The van der Waals surface area contributed by atoms with E-state index in [0.717, 1.165) is 18.4 Å². The van der Waals surface area contributed by atoms with Crippen LogP contribution in [0.5, 0.6) is 0 Å². The highest BCUT2D eigenvalue weighted by molar-refractivity contribution is 7.90. The maximum Gasteiger partial charge on any atom is 0.301 e. The number of hydrogen-bond donors (Lipinski definition) is 1. The van der Waals surface area contributed by atoms with Crippen LogP contribution in [0, 0.1) is 0 Å². The average Bonchev–Trinajstić information content (AvgIpc) is 3.11. The number of nitrogens with one attached hydrogen (secondary N) is 1. The Labute approximate surface area is 124 Å². The third-order valence-corrected chi connectivity index (χ3v) is 5.01. The van der Waals surface area contributed by atoms with Gasteiger partial charge in [-0.1, -0.05) is 30.3 Å². The topological polar surface area (TPSA) is 67.2 Å². The second kappa shape index (κ2) is 5.87. The van der Waals surface area contributed by atoms with Crippen molar-refractivity contribution in [1.29, 1.82) is 0 Å². The van der Waals surface area contributed by atoms with Gasteiger partial charge in [0.2, 0.25) is 0 Å². The van der Waals surface area contributed by atoms with E-state index >= 15 is 0 Å². The lowest BCUT2D eigenvalue weighted by atomic mass is 10.2. The van der Waals surface area contributed by atoms with Crippen LogP contribution in [0.2, 0.25) is 0 Å². The fraction of sp³-hybridized carbons (Fsp3) is 0.357.